The SMILES string of the molecule is O=C1O[C@@]2(CCCN(Cc3ccnc(N4CCCCC4)n3)CC2)CN1CCc1ccccc1. The second-order valence-corrected chi connectivity index (χ2v) is 9.73. The summed E-state index contributed by atoms with van der Waals surface area (Å²) in [5, 5.41) is 0. The van der Waals surface area contributed by atoms with Crippen molar-refractivity contribution in [3.05, 3.63) is 53.9 Å². The van der Waals surface area contributed by atoms with Crippen LogP contribution in [0.15, 0.2) is 42.6 Å². The Balaban J connectivity index is 1.16. The number of nitrogens with zero attached hydrogens (tertiary/aromatic N) is 5. The molecule has 0 aliphatic carbocycles. The normalized spacial score (nSPS) is 24.2. The van der Waals surface area contributed by atoms with Gasteiger partial charge in [0, 0.05) is 45.3 Å². The summed E-state index contributed by atoms with van der Waals surface area (Å²) >= 11 is 0. The van der Waals surface area contributed by atoms with Crippen molar-refractivity contribution in [3.8, 4) is 0 Å². The lowest BCUT2D eigenvalue weighted by Gasteiger charge is -2.27. The molecule has 7 nitrogen and oxygen atoms in total. The van der Waals surface area contributed by atoms with Crippen LogP contribution in [0.4, 0.5) is 10.7 Å². The second kappa shape index (κ2) is 10.1. The zero-order chi connectivity index (χ0) is 22.5. The number of benzene rings is 1. The van der Waals surface area contributed by atoms with Crippen LogP contribution in [0, 0.1) is 0 Å². The van der Waals surface area contributed by atoms with Crippen molar-refractivity contribution in [2.24, 2.45) is 0 Å². The molecule has 33 heavy (non-hydrogen) atoms. The smallest absolute Gasteiger partial charge is 0.410 e. The molecular formula is C26H35N5O2. The molecule has 1 aromatic heterocycles. The third kappa shape index (κ3) is 5.46. The molecule has 1 atom stereocenters. The van der Waals surface area contributed by atoms with E-state index in [1.807, 2.05) is 35.4 Å². The fourth-order valence-electron chi connectivity index (χ4n) is 5.36. The maximum absolute atomic E-state index is 12.6. The van der Waals surface area contributed by atoms with Gasteiger partial charge in [-0.2, -0.15) is 0 Å². The van der Waals surface area contributed by atoms with Gasteiger partial charge in [0.2, 0.25) is 5.95 Å². The van der Waals surface area contributed by atoms with Gasteiger partial charge in [-0.15, -0.1) is 0 Å². The summed E-state index contributed by atoms with van der Waals surface area (Å²) in [6, 6.07) is 12.4. The summed E-state index contributed by atoms with van der Waals surface area (Å²) in [4.78, 5) is 28.7. The third-order valence-corrected chi connectivity index (χ3v) is 7.27. The zero-order valence-electron chi connectivity index (χ0n) is 19.5. The molecular weight excluding hydrogens is 414 g/mol. The van der Waals surface area contributed by atoms with Gasteiger partial charge in [0.1, 0.15) is 5.60 Å². The zero-order valence-corrected chi connectivity index (χ0v) is 19.5. The number of hydrogen-bond donors (Lipinski definition) is 0. The monoisotopic (exact) mass is 449 g/mol. The van der Waals surface area contributed by atoms with Crippen molar-refractivity contribution in [2.75, 3.05) is 44.2 Å². The Morgan fingerprint density at radius 2 is 1.79 bits per heavy atom. The minimum Gasteiger partial charge on any atom is -0.441 e. The third-order valence-electron chi connectivity index (χ3n) is 7.27. The first-order valence-electron chi connectivity index (χ1n) is 12.5. The lowest BCUT2D eigenvalue weighted by atomic mass is 9.95. The van der Waals surface area contributed by atoms with Crippen LogP contribution in [-0.2, 0) is 17.7 Å². The van der Waals surface area contributed by atoms with E-state index in [2.05, 4.69) is 26.9 Å². The molecule has 176 valence electrons. The highest BCUT2D eigenvalue weighted by atomic mass is 16.6. The van der Waals surface area contributed by atoms with Gasteiger partial charge in [-0.25, -0.2) is 14.8 Å². The first-order valence-corrected chi connectivity index (χ1v) is 12.5. The maximum atomic E-state index is 12.6. The number of carbonyl (C=O) groups is 1. The van der Waals surface area contributed by atoms with Crippen LogP contribution < -0.4 is 4.90 Å². The van der Waals surface area contributed by atoms with E-state index in [9.17, 15) is 4.79 Å². The van der Waals surface area contributed by atoms with Gasteiger partial charge in [0.05, 0.1) is 12.2 Å². The predicted octanol–water partition coefficient (Wildman–Crippen LogP) is 3.89. The van der Waals surface area contributed by atoms with E-state index >= 15 is 0 Å². The summed E-state index contributed by atoms with van der Waals surface area (Å²) < 4.78 is 6.00. The van der Waals surface area contributed by atoms with Gasteiger partial charge in [-0.3, -0.25) is 4.90 Å². The van der Waals surface area contributed by atoms with Crippen molar-refractivity contribution >= 4 is 12.0 Å². The van der Waals surface area contributed by atoms with Gasteiger partial charge in [0.25, 0.3) is 0 Å². The average molecular weight is 450 g/mol. The highest BCUT2D eigenvalue weighted by Crippen LogP contribution is 2.33. The first kappa shape index (κ1) is 22.1. The summed E-state index contributed by atoms with van der Waals surface area (Å²) in [7, 11) is 0. The van der Waals surface area contributed by atoms with Crippen molar-refractivity contribution in [1.29, 1.82) is 0 Å². The van der Waals surface area contributed by atoms with Crippen molar-refractivity contribution in [1.82, 2.24) is 19.8 Å². The number of aromatic nitrogens is 2. The van der Waals surface area contributed by atoms with E-state index in [0.717, 1.165) is 70.0 Å². The molecule has 3 aliphatic rings. The molecule has 0 unspecified atom stereocenters. The maximum Gasteiger partial charge on any atom is 0.410 e. The quantitative estimate of drug-likeness (QED) is 0.667. The predicted molar refractivity (Wildman–Crippen MR) is 128 cm³/mol. The summed E-state index contributed by atoms with van der Waals surface area (Å²) in [6.07, 6.45) is 9.21. The van der Waals surface area contributed by atoms with Crippen molar-refractivity contribution in [2.45, 2.75) is 57.1 Å². The van der Waals surface area contributed by atoms with Gasteiger partial charge in [0.15, 0.2) is 0 Å². The number of rotatable bonds is 6. The number of piperidine rings is 1. The van der Waals surface area contributed by atoms with Gasteiger partial charge < -0.3 is 14.5 Å². The Labute approximate surface area is 196 Å². The van der Waals surface area contributed by atoms with Gasteiger partial charge >= 0.3 is 6.09 Å². The topological polar surface area (TPSA) is 61.8 Å². The lowest BCUT2D eigenvalue weighted by Crippen LogP contribution is -2.36. The Hall–Kier alpha value is -2.67. The van der Waals surface area contributed by atoms with Gasteiger partial charge in [-0.1, -0.05) is 30.3 Å². The number of anilines is 1. The summed E-state index contributed by atoms with van der Waals surface area (Å²) in [5.74, 6) is 0.872. The average Bonchev–Trinajstić information content (AvgIpc) is 3.04. The minimum absolute atomic E-state index is 0.152. The molecule has 7 heteroatoms. The van der Waals surface area contributed by atoms with E-state index in [-0.39, 0.29) is 11.7 Å². The molecule has 3 fully saturated rings. The molecule has 0 radical (unpaired) electrons. The summed E-state index contributed by atoms with van der Waals surface area (Å²) in [6.45, 7) is 6.29. The van der Waals surface area contributed by atoms with Gasteiger partial charge in [-0.05, 0) is 56.7 Å². The van der Waals surface area contributed by atoms with E-state index in [4.69, 9.17) is 9.72 Å². The van der Waals surface area contributed by atoms with Crippen molar-refractivity contribution < 1.29 is 9.53 Å². The van der Waals surface area contributed by atoms with Crippen LogP contribution in [0.1, 0.15) is 49.8 Å². The molecule has 3 aliphatic heterocycles. The number of amides is 1. The first-order chi connectivity index (χ1) is 16.2. The number of hydrogen-bond acceptors (Lipinski definition) is 6. The van der Waals surface area contributed by atoms with Crippen LogP contribution in [0.5, 0.6) is 0 Å². The van der Waals surface area contributed by atoms with Crippen molar-refractivity contribution in [3.63, 3.8) is 0 Å². The molecule has 1 amide bonds. The molecule has 0 N–H and O–H groups in total. The largest absolute Gasteiger partial charge is 0.441 e. The van der Waals surface area contributed by atoms with Crippen LogP contribution in [0.25, 0.3) is 0 Å². The van der Waals surface area contributed by atoms with E-state index < -0.39 is 0 Å². The molecule has 1 aromatic carbocycles. The Morgan fingerprint density at radius 3 is 2.64 bits per heavy atom. The van der Waals surface area contributed by atoms with Crippen LogP contribution in [0.2, 0.25) is 0 Å². The second-order valence-electron chi connectivity index (χ2n) is 9.73. The molecule has 0 saturated carbocycles. The molecule has 0 bridgehead atoms. The number of ether oxygens (including phenoxy) is 1. The molecule has 2 aromatic rings. The fourth-order valence-corrected chi connectivity index (χ4v) is 5.36. The Morgan fingerprint density at radius 1 is 0.939 bits per heavy atom. The Bertz CT molecular complexity index is 933. The number of carbonyl (C=O) groups excluding carboxylic acids is 1. The fraction of sp³-hybridized carbons (Fsp3) is 0.577. The van der Waals surface area contributed by atoms with E-state index in [0.29, 0.717) is 13.1 Å². The summed E-state index contributed by atoms with van der Waals surface area (Å²) in [5.41, 5.74) is 1.99. The molecule has 3 saturated heterocycles. The Kier molecular flexibility index (Phi) is 6.76. The number of likely N-dealkylation sites (tertiary alicyclic amines) is 1. The molecule has 4 heterocycles. The lowest BCUT2D eigenvalue weighted by molar-refractivity contribution is 0.0442. The minimum atomic E-state index is -0.340. The standard InChI is InChI=1S/C26H35N5O2/c32-25-31(18-11-22-8-3-1-4-9-22)21-26(33-25)12-7-15-29(19-13-26)20-23-10-14-27-24(28-23)30-16-5-2-6-17-30/h1,3-4,8-10,14H,2,5-7,11-13,15-21H2/t26-/m1/s1. The van der Waals surface area contributed by atoms with Crippen LogP contribution >= 0.6 is 0 Å². The van der Waals surface area contributed by atoms with E-state index in [1.165, 1.54) is 24.8 Å². The molecule has 1 spiro atoms. The van der Waals surface area contributed by atoms with Crippen LogP contribution in [0.3, 0.4) is 0 Å². The van der Waals surface area contributed by atoms with E-state index in [1.54, 1.807) is 0 Å². The van der Waals surface area contributed by atoms with Crippen LogP contribution in [-0.4, -0.2) is 70.7 Å². The molecule has 5 rings (SSSR count). The highest BCUT2D eigenvalue weighted by Gasteiger charge is 2.45. The highest BCUT2D eigenvalue weighted by molar-refractivity contribution is 5.70.